The second kappa shape index (κ2) is 5.45. The van der Waals surface area contributed by atoms with Gasteiger partial charge in [-0.25, -0.2) is 0 Å². The zero-order valence-corrected chi connectivity index (χ0v) is 10.9. The van der Waals surface area contributed by atoms with Crippen molar-refractivity contribution in [3.63, 3.8) is 0 Å². The van der Waals surface area contributed by atoms with Crippen molar-refractivity contribution in [1.82, 2.24) is 15.5 Å². The molecule has 2 rings (SSSR count). The van der Waals surface area contributed by atoms with Crippen LogP contribution in [0.25, 0.3) is 5.57 Å². The van der Waals surface area contributed by atoms with E-state index in [0.717, 1.165) is 12.2 Å². The third-order valence-corrected chi connectivity index (χ3v) is 3.51. The first-order chi connectivity index (χ1) is 8.20. The van der Waals surface area contributed by atoms with Crippen LogP contribution in [0.3, 0.4) is 0 Å². The highest BCUT2D eigenvalue weighted by Crippen LogP contribution is 2.30. The Morgan fingerprint density at radius 3 is 2.76 bits per heavy atom. The van der Waals surface area contributed by atoms with E-state index >= 15 is 0 Å². The number of nitrogens with one attached hydrogen (secondary N) is 1. The summed E-state index contributed by atoms with van der Waals surface area (Å²) in [5.74, 6) is 1.50. The molecule has 0 spiro atoms. The van der Waals surface area contributed by atoms with E-state index in [-0.39, 0.29) is 0 Å². The van der Waals surface area contributed by atoms with Crippen molar-refractivity contribution >= 4 is 5.57 Å². The summed E-state index contributed by atoms with van der Waals surface area (Å²) in [6.07, 6.45) is 5.78. The minimum absolute atomic E-state index is 0.375. The van der Waals surface area contributed by atoms with Crippen molar-refractivity contribution in [1.29, 1.82) is 0 Å². The van der Waals surface area contributed by atoms with Gasteiger partial charge in [-0.15, -0.1) is 0 Å². The molecule has 1 aromatic rings. The van der Waals surface area contributed by atoms with Crippen molar-refractivity contribution in [3.8, 4) is 0 Å². The molecule has 94 valence electrons. The standard InChI is InChI=1S/C13H21N3O/c1-9(14-3)8-12-15-13(17-16-12)10(2)11-6-4-5-7-11/h9,14H,4-8H2,1-3H3. The number of aromatic nitrogens is 2. The number of rotatable bonds is 4. The van der Waals surface area contributed by atoms with Crippen molar-refractivity contribution in [2.75, 3.05) is 7.05 Å². The normalized spacial score (nSPS) is 17.5. The summed E-state index contributed by atoms with van der Waals surface area (Å²) in [4.78, 5) is 4.47. The molecular formula is C13H21N3O. The van der Waals surface area contributed by atoms with E-state index < -0.39 is 0 Å². The second-order valence-electron chi connectivity index (χ2n) is 4.85. The Hall–Kier alpha value is -1.16. The molecular weight excluding hydrogens is 214 g/mol. The molecule has 4 nitrogen and oxygen atoms in total. The Bertz CT molecular complexity index is 401. The lowest BCUT2D eigenvalue weighted by Crippen LogP contribution is -2.24. The van der Waals surface area contributed by atoms with E-state index in [1.54, 1.807) is 0 Å². The summed E-state index contributed by atoms with van der Waals surface area (Å²) in [5, 5.41) is 7.21. The monoisotopic (exact) mass is 235 g/mol. The number of likely N-dealkylation sites (N-methyl/N-ethyl adjacent to an activating group) is 1. The third-order valence-electron chi connectivity index (χ3n) is 3.51. The van der Waals surface area contributed by atoms with Crippen LogP contribution in [0.5, 0.6) is 0 Å². The molecule has 1 fully saturated rings. The van der Waals surface area contributed by atoms with Gasteiger partial charge in [0.05, 0.1) is 0 Å². The average Bonchev–Trinajstić information content (AvgIpc) is 2.98. The molecule has 0 saturated heterocycles. The summed E-state index contributed by atoms with van der Waals surface area (Å²) in [6, 6.07) is 0.375. The topological polar surface area (TPSA) is 51.0 Å². The van der Waals surface area contributed by atoms with Gasteiger partial charge >= 0.3 is 0 Å². The van der Waals surface area contributed by atoms with Crippen LogP contribution < -0.4 is 5.32 Å². The molecule has 1 saturated carbocycles. The van der Waals surface area contributed by atoms with Crippen LogP contribution >= 0.6 is 0 Å². The number of allylic oxidation sites excluding steroid dienone is 2. The molecule has 1 aromatic heterocycles. The summed E-state index contributed by atoms with van der Waals surface area (Å²) < 4.78 is 5.34. The molecule has 0 amide bonds. The Labute approximate surface area is 102 Å². The van der Waals surface area contributed by atoms with Gasteiger partial charge in [0.2, 0.25) is 0 Å². The van der Waals surface area contributed by atoms with E-state index in [1.165, 1.54) is 36.8 Å². The van der Waals surface area contributed by atoms with Gasteiger partial charge in [0.25, 0.3) is 5.89 Å². The van der Waals surface area contributed by atoms with E-state index in [9.17, 15) is 0 Å². The Kier molecular flexibility index (Phi) is 3.94. The molecule has 1 heterocycles. The van der Waals surface area contributed by atoms with E-state index in [1.807, 2.05) is 7.05 Å². The molecule has 0 aliphatic heterocycles. The summed E-state index contributed by atoms with van der Waals surface area (Å²) >= 11 is 0. The van der Waals surface area contributed by atoms with Crippen molar-refractivity contribution in [3.05, 3.63) is 17.3 Å². The highest BCUT2D eigenvalue weighted by Gasteiger charge is 2.16. The van der Waals surface area contributed by atoms with Gasteiger partial charge in [-0.1, -0.05) is 10.7 Å². The molecule has 0 aromatic carbocycles. The quantitative estimate of drug-likeness (QED) is 0.871. The molecule has 4 heteroatoms. The van der Waals surface area contributed by atoms with Gasteiger partial charge in [-0.2, -0.15) is 4.98 Å². The van der Waals surface area contributed by atoms with Crippen LogP contribution in [0.4, 0.5) is 0 Å². The lowest BCUT2D eigenvalue weighted by atomic mass is 10.1. The smallest absolute Gasteiger partial charge is 0.253 e. The van der Waals surface area contributed by atoms with Gasteiger partial charge in [-0.3, -0.25) is 0 Å². The molecule has 1 N–H and O–H groups in total. The first-order valence-electron chi connectivity index (χ1n) is 6.39. The predicted molar refractivity (Wildman–Crippen MR) is 67.6 cm³/mol. The highest BCUT2D eigenvalue weighted by molar-refractivity contribution is 5.60. The Morgan fingerprint density at radius 1 is 1.41 bits per heavy atom. The van der Waals surface area contributed by atoms with Crippen molar-refractivity contribution in [2.24, 2.45) is 0 Å². The maximum absolute atomic E-state index is 5.34. The maximum Gasteiger partial charge on any atom is 0.253 e. The first kappa shape index (κ1) is 12.3. The SMILES string of the molecule is CNC(C)Cc1noc(C(C)=C2CCCC2)n1. The molecule has 17 heavy (non-hydrogen) atoms. The van der Waals surface area contributed by atoms with Crippen molar-refractivity contribution < 1.29 is 4.52 Å². The van der Waals surface area contributed by atoms with Crippen molar-refractivity contribution in [2.45, 2.75) is 52.0 Å². The van der Waals surface area contributed by atoms with Crippen LogP contribution in [-0.4, -0.2) is 23.2 Å². The van der Waals surface area contributed by atoms with Crippen LogP contribution in [0.15, 0.2) is 10.1 Å². The molecule has 0 bridgehead atoms. The van der Waals surface area contributed by atoms with Gasteiger partial charge in [-0.05, 0) is 46.6 Å². The fourth-order valence-corrected chi connectivity index (χ4v) is 2.19. The van der Waals surface area contributed by atoms with Gasteiger partial charge in [0.1, 0.15) is 0 Å². The minimum Gasteiger partial charge on any atom is -0.334 e. The number of nitrogens with zero attached hydrogens (tertiary/aromatic N) is 2. The van der Waals surface area contributed by atoms with Crippen LogP contribution in [0, 0.1) is 0 Å². The van der Waals surface area contributed by atoms with Crippen LogP contribution in [-0.2, 0) is 6.42 Å². The zero-order valence-electron chi connectivity index (χ0n) is 10.9. The van der Waals surface area contributed by atoms with Gasteiger partial charge < -0.3 is 9.84 Å². The fraction of sp³-hybridized carbons (Fsp3) is 0.692. The second-order valence-corrected chi connectivity index (χ2v) is 4.85. The number of hydrogen-bond donors (Lipinski definition) is 1. The lowest BCUT2D eigenvalue weighted by molar-refractivity contribution is 0.397. The van der Waals surface area contributed by atoms with Crippen LogP contribution in [0.2, 0.25) is 0 Å². The van der Waals surface area contributed by atoms with Crippen LogP contribution in [0.1, 0.15) is 51.2 Å². The Morgan fingerprint density at radius 2 is 2.12 bits per heavy atom. The molecule has 1 unspecified atom stereocenters. The molecule has 1 atom stereocenters. The lowest BCUT2D eigenvalue weighted by Gasteiger charge is -2.04. The number of hydrogen-bond acceptors (Lipinski definition) is 4. The predicted octanol–water partition coefficient (Wildman–Crippen LogP) is 2.57. The Balaban J connectivity index is 2.10. The molecule has 1 aliphatic carbocycles. The summed E-state index contributed by atoms with van der Waals surface area (Å²) in [6.45, 7) is 4.21. The maximum atomic E-state index is 5.34. The zero-order chi connectivity index (χ0) is 12.3. The first-order valence-corrected chi connectivity index (χ1v) is 6.39. The highest BCUT2D eigenvalue weighted by atomic mass is 16.5. The van der Waals surface area contributed by atoms with E-state index in [0.29, 0.717) is 11.9 Å². The third kappa shape index (κ3) is 2.94. The molecule has 0 radical (unpaired) electrons. The fourth-order valence-electron chi connectivity index (χ4n) is 2.19. The van der Waals surface area contributed by atoms with Gasteiger partial charge in [0.15, 0.2) is 5.82 Å². The van der Waals surface area contributed by atoms with Gasteiger partial charge in [0, 0.05) is 18.0 Å². The summed E-state index contributed by atoms with van der Waals surface area (Å²) in [5.41, 5.74) is 2.68. The largest absolute Gasteiger partial charge is 0.334 e. The van der Waals surface area contributed by atoms with E-state index in [2.05, 4.69) is 29.3 Å². The molecule has 1 aliphatic rings. The minimum atomic E-state index is 0.375. The average molecular weight is 235 g/mol. The summed E-state index contributed by atoms with van der Waals surface area (Å²) in [7, 11) is 1.94. The van der Waals surface area contributed by atoms with E-state index in [4.69, 9.17) is 4.52 Å².